The standard InChI is InChI=1S/C17H15BFN3S2/c1-9-5-11-14(7-18(9)8-20)24-16(21-2)15(11)17-22-12-6-10(19)3-4-13(12)23-17/h3-4,6,9,21H,5,7H2,1-2H3. The highest BCUT2D eigenvalue weighted by Gasteiger charge is 2.34. The van der Waals surface area contributed by atoms with Crippen molar-refractivity contribution in [3.05, 3.63) is 34.5 Å². The maximum absolute atomic E-state index is 13.5. The summed E-state index contributed by atoms with van der Waals surface area (Å²) < 4.78 is 14.5. The van der Waals surface area contributed by atoms with Gasteiger partial charge in [-0.2, -0.15) is 0 Å². The van der Waals surface area contributed by atoms with Gasteiger partial charge < -0.3 is 5.32 Å². The van der Waals surface area contributed by atoms with Crippen LogP contribution in [0.4, 0.5) is 9.39 Å². The number of rotatable bonds is 2. The van der Waals surface area contributed by atoms with Crippen molar-refractivity contribution in [2.45, 2.75) is 25.5 Å². The molecule has 3 heterocycles. The van der Waals surface area contributed by atoms with Crippen molar-refractivity contribution in [1.82, 2.24) is 4.98 Å². The van der Waals surface area contributed by atoms with E-state index in [4.69, 9.17) is 0 Å². The van der Waals surface area contributed by atoms with Crippen LogP contribution in [0, 0.1) is 17.0 Å². The third kappa shape index (κ3) is 2.41. The molecule has 1 aliphatic rings. The number of fused-ring (bicyclic) bond motifs is 2. The maximum Gasteiger partial charge on any atom is 0.276 e. The minimum absolute atomic E-state index is 0.0816. The lowest BCUT2D eigenvalue weighted by Crippen LogP contribution is -2.26. The minimum Gasteiger partial charge on any atom is -0.379 e. The fourth-order valence-corrected chi connectivity index (χ4v) is 5.67. The molecule has 0 saturated carbocycles. The van der Waals surface area contributed by atoms with E-state index < -0.39 is 0 Å². The average Bonchev–Trinajstić information content (AvgIpc) is 3.13. The van der Waals surface area contributed by atoms with E-state index in [9.17, 15) is 9.65 Å². The summed E-state index contributed by atoms with van der Waals surface area (Å²) >= 11 is 3.32. The van der Waals surface area contributed by atoms with Gasteiger partial charge in [0, 0.05) is 29.5 Å². The van der Waals surface area contributed by atoms with Gasteiger partial charge in [-0.1, -0.05) is 6.92 Å². The van der Waals surface area contributed by atoms with E-state index in [-0.39, 0.29) is 12.5 Å². The molecule has 2 aromatic heterocycles. The Hall–Kier alpha value is -1.91. The lowest BCUT2D eigenvalue weighted by Gasteiger charge is -2.21. The summed E-state index contributed by atoms with van der Waals surface area (Å²) in [5.74, 6) is 2.52. The number of thiophene rings is 1. The summed E-state index contributed by atoms with van der Waals surface area (Å²) in [6.07, 6.45) is 1.71. The molecular formula is C17H15BFN3S2. The van der Waals surface area contributed by atoms with Crippen LogP contribution in [0.15, 0.2) is 18.2 Å². The molecule has 0 saturated heterocycles. The number of nitrogens with zero attached hydrogens (tertiary/aromatic N) is 2. The predicted molar refractivity (Wildman–Crippen MR) is 101 cm³/mol. The number of hydrogen-bond acceptors (Lipinski definition) is 5. The van der Waals surface area contributed by atoms with Crippen molar-refractivity contribution in [2.24, 2.45) is 0 Å². The minimum atomic E-state index is -0.258. The summed E-state index contributed by atoms with van der Waals surface area (Å²) in [6.45, 7) is 2.23. The van der Waals surface area contributed by atoms with Crippen molar-refractivity contribution in [1.29, 1.82) is 5.26 Å². The van der Waals surface area contributed by atoms with Gasteiger partial charge in [-0.25, -0.2) is 14.6 Å². The molecule has 3 aromatic rings. The smallest absolute Gasteiger partial charge is 0.276 e. The van der Waals surface area contributed by atoms with Crippen LogP contribution in [-0.4, -0.2) is 18.7 Å². The molecule has 0 fully saturated rings. The summed E-state index contributed by atoms with van der Waals surface area (Å²) in [5, 5.41) is 14.7. The molecule has 0 bridgehead atoms. The fourth-order valence-electron chi connectivity index (χ4n) is 3.34. The number of thiazole rings is 1. The van der Waals surface area contributed by atoms with E-state index in [0.29, 0.717) is 11.3 Å². The summed E-state index contributed by atoms with van der Waals surface area (Å²) in [7, 11) is 1.92. The number of anilines is 1. The number of halogens is 1. The van der Waals surface area contributed by atoms with Gasteiger partial charge >= 0.3 is 0 Å². The van der Waals surface area contributed by atoms with Gasteiger partial charge in [0.2, 0.25) is 0 Å². The normalized spacial score (nSPS) is 16.9. The second-order valence-electron chi connectivity index (χ2n) is 6.21. The van der Waals surface area contributed by atoms with Crippen LogP contribution >= 0.6 is 22.7 Å². The van der Waals surface area contributed by atoms with Crippen molar-refractivity contribution >= 4 is 44.6 Å². The zero-order valence-electron chi connectivity index (χ0n) is 13.4. The van der Waals surface area contributed by atoms with E-state index in [1.807, 2.05) is 7.05 Å². The molecule has 0 radical (unpaired) electrons. The molecule has 0 amide bonds. The second kappa shape index (κ2) is 5.87. The summed E-state index contributed by atoms with van der Waals surface area (Å²) in [6, 6.07) is 4.76. The molecule has 1 unspecified atom stereocenters. The lowest BCUT2D eigenvalue weighted by molar-refractivity contribution is 0.629. The first-order valence-corrected chi connectivity index (χ1v) is 9.52. The fraction of sp³-hybridized carbons (Fsp3) is 0.294. The molecule has 1 aromatic carbocycles. The topological polar surface area (TPSA) is 48.7 Å². The molecular weight excluding hydrogens is 340 g/mol. The summed E-state index contributed by atoms with van der Waals surface area (Å²) in [4.78, 5) is 5.96. The van der Waals surface area contributed by atoms with Crippen molar-refractivity contribution in [3.63, 3.8) is 0 Å². The molecule has 120 valence electrons. The first kappa shape index (κ1) is 15.6. The van der Waals surface area contributed by atoms with Gasteiger partial charge in [-0.3, -0.25) is 0 Å². The van der Waals surface area contributed by atoms with Crippen LogP contribution in [-0.2, 0) is 12.7 Å². The zero-order valence-corrected chi connectivity index (χ0v) is 15.0. The highest BCUT2D eigenvalue weighted by atomic mass is 32.1. The van der Waals surface area contributed by atoms with Crippen molar-refractivity contribution in [2.75, 3.05) is 12.4 Å². The van der Waals surface area contributed by atoms with E-state index in [2.05, 4.69) is 23.2 Å². The Bertz CT molecular complexity index is 972. The Balaban J connectivity index is 1.88. The van der Waals surface area contributed by atoms with Crippen molar-refractivity contribution < 1.29 is 4.39 Å². The maximum atomic E-state index is 13.5. The zero-order chi connectivity index (χ0) is 16.8. The average molecular weight is 355 g/mol. The molecule has 1 atom stereocenters. The Labute approximate surface area is 148 Å². The molecule has 7 heteroatoms. The van der Waals surface area contributed by atoms with Gasteiger partial charge in [0.1, 0.15) is 10.8 Å². The Morgan fingerprint density at radius 2 is 2.25 bits per heavy atom. The summed E-state index contributed by atoms with van der Waals surface area (Å²) in [5.41, 5.74) is 3.15. The molecule has 1 aliphatic heterocycles. The van der Waals surface area contributed by atoms with E-state index in [1.165, 1.54) is 22.6 Å². The van der Waals surface area contributed by atoms with Crippen LogP contribution in [0.5, 0.6) is 0 Å². The third-order valence-electron chi connectivity index (χ3n) is 4.67. The van der Waals surface area contributed by atoms with Gasteiger partial charge in [0.15, 0.2) is 0 Å². The quantitative estimate of drug-likeness (QED) is 0.673. The number of benzene rings is 1. The third-order valence-corrected chi connectivity index (χ3v) is 6.99. The molecule has 4 rings (SSSR count). The molecule has 0 spiro atoms. The molecule has 3 nitrogen and oxygen atoms in total. The second-order valence-corrected chi connectivity index (χ2v) is 8.35. The molecule has 1 N–H and O–H groups in total. The lowest BCUT2D eigenvalue weighted by atomic mass is 9.37. The Morgan fingerprint density at radius 1 is 1.42 bits per heavy atom. The number of hydrogen-bond donors (Lipinski definition) is 1. The molecule has 24 heavy (non-hydrogen) atoms. The van der Waals surface area contributed by atoms with E-state index in [0.717, 1.165) is 33.0 Å². The van der Waals surface area contributed by atoms with Crippen LogP contribution < -0.4 is 5.32 Å². The largest absolute Gasteiger partial charge is 0.379 e. The van der Waals surface area contributed by atoms with E-state index in [1.54, 1.807) is 28.7 Å². The monoisotopic (exact) mass is 355 g/mol. The van der Waals surface area contributed by atoms with Crippen LogP contribution in [0.1, 0.15) is 17.4 Å². The highest BCUT2D eigenvalue weighted by Crippen LogP contribution is 2.47. The van der Waals surface area contributed by atoms with Gasteiger partial charge in [0.25, 0.3) is 6.71 Å². The van der Waals surface area contributed by atoms with Crippen LogP contribution in [0.2, 0.25) is 5.82 Å². The number of nitriles is 1. The number of nitrogens with one attached hydrogen (secondary N) is 1. The predicted octanol–water partition coefficient (Wildman–Crippen LogP) is 4.79. The van der Waals surface area contributed by atoms with Crippen LogP contribution in [0.25, 0.3) is 20.8 Å². The van der Waals surface area contributed by atoms with E-state index >= 15 is 0 Å². The molecule has 0 aliphatic carbocycles. The van der Waals surface area contributed by atoms with Crippen LogP contribution in [0.3, 0.4) is 0 Å². The van der Waals surface area contributed by atoms with Gasteiger partial charge in [-0.15, -0.1) is 22.7 Å². The number of aromatic nitrogens is 1. The first-order valence-electron chi connectivity index (χ1n) is 7.89. The Morgan fingerprint density at radius 3 is 3.00 bits per heavy atom. The van der Waals surface area contributed by atoms with Crippen molar-refractivity contribution in [3.8, 4) is 16.5 Å². The Kier molecular flexibility index (Phi) is 3.82. The first-order chi connectivity index (χ1) is 11.6. The SMILES string of the molecule is CNc1sc2c(c1-c1nc3cc(F)ccc3s1)CC(C)B(C#N)C2. The highest BCUT2D eigenvalue weighted by molar-refractivity contribution is 7.23. The van der Waals surface area contributed by atoms with Gasteiger partial charge in [-0.05, 0) is 36.3 Å². The van der Waals surface area contributed by atoms with Gasteiger partial charge in [0.05, 0.1) is 15.2 Å².